The third-order valence-electron chi connectivity index (χ3n) is 3.79. The summed E-state index contributed by atoms with van der Waals surface area (Å²) < 4.78 is 40.1. The number of carbonyl (C=O) groups excluding carboxylic acids is 1. The predicted molar refractivity (Wildman–Crippen MR) is 82.9 cm³/mol. The van der Waals surface area contributed by atoms with E-state index < -0.39 is 12.3 Å². The molecule has 0 bridgehead atoms. The number of halogens is 3. The van der Waals surface area contributed by atoms with Crippen LogP contribution in [-0.2, 0) is 0 Å². The van der Waals surface area contributed by atoms with Crippen LogP contribution < -0.4 is 15.8 Å². The lowest BCUT2D eigenvalue weighted by Crippen LogP contribution is -2.17. The number of nitrogens with two attached hydrogens (primary N) is 1. The molecule has 2 aromatic carbocycles. The van der Waals surface area contributed by atoms with Crippen LogP contribution in [0.2, 0.25) is 0 Å². The number of hydrogen-bond donors (Lipinski definition) is 2. The highest BCUT2D eigenvalue weighted by molar-refractivity contribution is 6.04. The zero-order valence-electron chi connectivity index (χ0n) is 12.5. The number of carbonyl (C=O) groups is 1. The van der Waals surface area contributed by atoms with Gasteiger partial charge in [-0.3, -0.25) is 4.79 Å². The molecule has 0 spiro atoms. The Morgan fingerprint density at radius 3 is 2.17 bits per heavy atom. The number of rotatable bonds is 4. The van der Waals surface area contributed by atoms with Crippen LogP contribution in [0.5, 0.6) is 5.75 Å². The smallest absolute Gasteiger partial charge is 0.406 e. The first-order chi connectivity index (χ1) is 11.3. The van der Waals surface area contributed by atoms with E-state index in [2.05, 4.69) is 10.1 Å². The van der Waals surface area contributed by atoms with E-state index in [4.69, 9.17) is 5.73 Å². The Bertz CT molecular complexity index is 727. The van der Waals surface area contributed by atoms with Crippen molar-refractivity contribution in [3.05, 3.63) is 59.7 Å². The largest absolute Gasteiger partial charge is 0.573 e. The summed E-state index contributed by atoms with van der Waals surface area (Å²) in [5, 5.41) is 2.69. The highest BCUT2D eigenvalue weighted by Gasteiger charge is 2.34. The van der Waals surface area contributed by atoms with Crippen molar-refractivity contribution < 1.29 is 22.7 Å². The molecule has 4 nitrogen and oxygen atoms in total. The Morgan fingerprint density at radius 1 is 1.08 bits per heavy atom. The normalized spacial score (nSPS) is 19.7. The molecule has 126 valence electrons. The Hall–Kier alpha value is -2.54. The van der Waals surface area contributed by atoms with Crippen LogP contribution in [0.1, 0.15) is 28.3 Å². The third kappa shape index (κ3) is 4.05. The molecule has 2 atom stereocenters. The van der Waals surface area contributed by atoms with E-state index in [-0.39, 0.29) is 17.4 Å². The van der Waals surface area contributed by atoms with Crippen LogP contribution >= 0.6 is 0 Å². The lowest BCUT2D eigenvalue weighted by molar-refractivity contribution is -0.274. The summed E-state index contributed by atoms with van der Waals surface area (Å²) >= 11 is 0. The topological polar surface area (TPSA) is 64.3 Å². The van der Waals surface area contributed by atoms with Gasteiger partial charge in [-0.25, -0.2) is 0 Å². The first kappa shape index (κ1) is 16.3. The molecule has 1 aliphatic carbocycles. The number of alkyl halides is 3. The quantitative estimate of drug-likeness (QED) is 0.896. The van der Waals surface area contributed by atoms with Gasteiger partial charge in [0.2, 0.25) is 0 Å². The summed E-state index contributed by atoms with van der Waals surface area (Å²) in [6.45, 7) is 0. The predicted octanol–water partition coefficient (Wildman–Crippen LogP) is 3.65. The van der Waals surface area contributed by atoms with Gasteiger partial charge in [0.05, 0.1) is 0 Å². The highest BCUT2D eigenvalue weighted by atomic mass is 19.4. The van der Waals surface area contributed by atoms with E-state index in [9.17, 15) is 18.0 Å². The Kier molecular flexibility index (Phi) is 4.19. The first-order valence-electron chi connectivity index (χ1n) is 7.34. The standard InChI is InChI=1S/C17H15F3N2O2/c18-17(19,20)24-13-7-3-11(4-8-13)16(23)22-12-5-1-10(2-6-12)14-9-15(14)21/h1-8,14-15H,9,21H2,(H,22,23)/t14-,15+/m0/s1. The number of ether oxygens (including phenoxy) is 1. The molecule has 0 heterocycles. The molecule has 2 aromatic rings. The second kappa shape index (κ2) is 6.16. The summed E-state index contributed by atoms with van der Waals surface area (Å²) in [5.74, 6) is -0.399. The van der Waals surface area contributed by atoms with Gasteiger partial charge in [-0.1, -0.05) is 12.1 Å². The number of amides is 1. The molecule has 1 fully saturated rings. The minimum absolute atomic E-state index is 0.211. The fourth-order valence-corrected chi connectivity index (χ4v) is 2.42. The summed E-state index contributed by atoms with van der Waals surface area (Å²) in [5.41, 5.74) is 7.77. The van der Waals surface area contributed by atoms with Crippen molar-refractivity contribution in [2.45, 2.75) is 24.7 Å². The number of benzene rings is 2. The van der Waals surface area contributed by atoms with E-state index in [1.807, 2.05) is 12.1 Å². The van der Waals surface area contributed by atoms with Crippen LogP contribution in [0.25, 0.3) is 0 Å². The fraction of sp³-hybridized carbons (Fsp3) is 0.235. The van der Waals surface area contributed by atoms with Gasteiger partial charge in [0.25, 0.3) is 5.91 Å². The average molecular weight is 336 g/mol. The van der Waals surface area contributed by atoms with Crippen molar-refractivity contribution >= 4 is 11.6 Å². The van der Waals surface area contributed by atoms with E-state index in [0.717, 1.165) is 24.1 Å². The number of hydrogen-bond acceptors (Lipinski definition) is 3. The van der Waals surface area contributed by atoms with Gasteiger partial charge in [0, 0.05) is 23.2 Å². The molecule has 0 radical (unpaired) electrons. The molecule has 0 aromatic heterocycles. The molecule has 1 amide bonds. The van der Waals surface area contributed by atoms with Gasteiger partial charge < -0.3 is 15.8 Å². The van der Waals surface area contributed by atoms with E-state index in [0.29, 0.717) is 11.6 Å². The Balaban J connectivity index is 1.62. The maximum atomic E-state index is 12.1. The maximum Gasteiger partial charge on any atom is 0.573 e. The van der Waals surface area contributed by atoms with Gasteiger partial charge in [-0.2, -0.15) is 0 Å². The van der Waals surface area contributed by atoms with Crippen LogP contribution in [-0.4, -0.2) is 18.3 Å². The van der Waals surface area contributed by atoms with E-state index >= 15 is 0 Å². The van der Waals surface area contributed by atoms with Gasteiger partial charge >= 0.3 is 6.36 Å². The maximum absolute atomic E-state index is 12.1. The minimum atomic E-state index is -4.75. The zero-order valence-corrected chi connectivity index (χ0v) is 12.5. The molecule has 0 saturated heterocycles. The number of anilines is 1. The van der Waals surface area contributed by atoms with Gasteiger partial charge in [-0.15, -0.1) is 13.2 Å². The lowest BCUT2D eigenvalue weighted by Gasteiger charge is -2.10. The molecule has 0 unspecified atom stereocenters. The third-order valence-corrected chi connectivity index (χ3v) is 3.79. The molecule has 1 saturated carbocycles. The molecule has 0 aliphatic heterocycles. The first-order valence-corrected chi connectivity index (χ1v) is 7.34. The summed E-state index contributed by atoms with van der Waals surface area (Å²) in [4.78, 5) is 12.1. The second-order valence-electron chi connectivity index (χ2n) is 5.65. The summed E-state index contributed by atoms with van der Waals surface area (Å²) in [6.07, 6.45) is -3.78. The van der Waals surface area contributed by atoms with Crippen LogP contribution in [0.4, 0.5) is 18.9 Å². The SMILES string of the molecule is N[C@@H]1C[C@H]1c1ccc(NC(=O)c2ccc(OC(F)(F)F)cc2)cc1. The Labute approximate surface area is 136 Å². The molecule has 1 aliphatic rings. The van der Waals surface area contributed by atoms with E-state index in [1.54, 1.807) is 12.1 Å². The average Bonchev–Trinajstić information content (AvgIpc) is 3.24. The molecule has 24 heavy (non-hydrogen) atoms. The van der Waals surface area contributed by atoms with E-state index in [1.165, 1.54) is 12.1 Å². The van der Waals surface area contributed by atoms with Crippen molar-refractivity contribution in [3.63, 3.8) is 0 Å². The van der Waals surface area contributed by atoms with Crippen molar-refractivity contribution in [2.75, 3.05) is 5.32 Å². The highest BCUT2D eigenvalue weighted by Crippen LogP contribution is 2.39. The summed E-state index contributed by atoms with van der Waals surface area (Å²) in [7, 11) is 0. The monoisotopic (exact) mass is 336 g/mol. The van der Waals surface area contributed by atoms with Gasteiger partial charge in [-0.05, 0) is 48.4 Å². The second-order valence-corrected chi connectivity index (χ2v) is 5.65. The zero-order chi connectivity index (χ0) is 17.3. The van der Waals surface area contributed by atoms with Crippen LogP contribution in [0, 0.1) is 0 Å². The van der Waals surface area contributed by atoms with Gasteiger partial charge in [0.15, 0.2) is 0 Å². The van der Waals surface area contributed by atoms with Gasteiger partial charge in [0.1, 0.15) is 5.75 Å². The van der Waals surface area contributed by atoms with Crippen molar-refractivity contribution in [2.24, 2.45) is 5.73 Å². The molecular formula is C17H15F3N2O2. The van der Waals surface area contributed by atoms with Crippen LogP contribution in [0.3, 0.4) is 0 Å². The fourth-order valence-electron chi connectivity index (χ4n) is 2.42. The lowest BCUT2D eigenvalue weighted by atomic mass is 10.1. The Morgan fingerprint density at radius 2 is 1.67 bits per heavy atom. The minimum Gasteiger partial charge on any atom is -0.406 e. The number of nitrogens with one attached hydrogen (secondary N) is 1. The van der Waals surface area contributed by atoms with Crippen LogP contribution in [0.15, 0.2) is 48.5 Å². The molecule has 3 rings (SSSR count). The summed E-state index contributed by atoms with van der Waals surface area (Å²) in [6, 6.07) is 12.3. The molecule has 7 heteroatoms. The van der Waals surface area contributed by atoms with Crippen molar-refractivity contribution in [3.8, 4) is 5.75 Å². The molecular weight excluding hydrogens is 321 g/mol. The van der Waals surface area contributed by atoms with Crippen molar-refractivity contribution in [1.82, 2.24) is 0 Å². The molecule has 3 N–H and O–H groups in total. The van der Waals surface area contributed by atoms with Crippen molar-refractivity contribution in [1.29, 1.82) is 0 Å².